The number of aliphatic hydroxyl groups excluding tert-OH is 1. The van der Waals surface area contributed by atoms with E-state index in [1.807, 2.05) is 0 Å². The molecular formula is C17H21FO3. The molecule has 1 saturated heterocycles. The highest BCUT2D eigenvalue weighted by Crippen LogP contribution is 2.15. The Labute approximate surface area is 125 Å². The van der Waals surface area contributed by atoms with Gasteiger partial charge in [-0.1, -0.05) is 17.9 Å². The Morgan fingerprint density at radius 3 is 3.00 bits per heavy atom. The first kappa shape index (κ1) is 16.0. The Kier molecular flexibility index (Phi) is 6.68. The minimum Gasteiger partial charge on any atom is -0.395 e. The smallest absolute Gasteiger partial charge is 0.129 e. The molecule has 1 aliphatic rings. The summed E-state index contributed by atoms with van der Waals surface area (Å²) in [6, 6.07) is 4.86. The van der Waals surface area contributed by atoms with E-state index < -0.39 is 0 Å². The van der Waals surface area contributed by atoms with Crippen molar-refractivity contribution in [2.45, 2.75) is 38.4 Å². The maximum atomic E-state index is 13.9. The number of hydrogen-bond acceptors (Lipinski definition) is 3. The molecule has 0 spiro atoms. The summed E-state index contributed by atoms with van der Waals surface area (Å²) in [5.74, 6) is 5.27. The molecule has 1 N–H and O–H groups in total. The third-order valence-corrected chi connectivity index (χ3v) is 3.36. The first-order valence-electron chi connectivity index (χ1n) is 7.37. The predicted molar refractivity (Wildman–Crippen MR) is 78.2 cm³/mol. The van der Waals surface area contributed by atoms with E-state index in [1.54, 1.807) is 12.1 Å². The highest BCUT2D eigenvalue weighted by molar-refractivity contribution is 5.36. The van der Waals surface area contributed by atoms with Crippen molar-refractivity contribution < 1.29 is 19.0 Å². The van der Waals surface area contributed by atoms with E-state index >= 15 is 0 Å². The fourth-order valence-electron chi connectivity index (χ4n) is 2.20. The summed E-state index contributed by atoms with van der Waals surface area (Å²) in [6.45, 7) is 1.57. The van der Waals surface area contributed by atoms with Crippen molar-refractivity contribution >= 4 is 0 Å². The van der Waals surface area contributed by atoms with Gasteiger partial charge in [0, 0.05) is 24.2 Å². The van der Waals surface area contributed by atoms with Gasteiger partial charge in [0.15, 0.2) is 0 Å². The van der Waals surface area contributed by atoms with E-state index in [-0.39, 0.29) is 25.1 Å². The van der Waals surface area contributed by atoms with Crippen LogP contribution in [0.1, 0.15) is 36.8 Å². The molecule has 0 aromatic heterocycles. The van der Waals surface area contributed by atoms with Gasteiger partial charge in [-0.25, -0.2) is 4.39 Å². The zero-order valence-electron chi connectivity index (χ0n) is 12.1. The number of rotatable bonds is 5. The molecule has 0 aliphatic carbocycles. The van der Waals surface area contributed by atoms with Crippen LogP contribution in [0.5, 0.6) is 0 Å². The van der Waals surface area contributed by atoms with Crippen molar-refractivity contribution in [3.8, 4) is 11.8 Å². The van der Waals surface area contributed by atoms with Gasteiger partial charge in [0.05, 0.1) is 25.9 Å². The summed E-state index contributed by atoms with van der Waals surface area (Å²) in [5, 5.41) is 8.64. The van der Waals surface area contributed by atoms with Crippen LogP contribution in [0.25, 0.3) is 0 Å². The van der Waals surface area contributed by atoms with Crippen molar-refractivity contribution in [1.29, 1.82) is 0 Å². The van der Waals surface area contributed by atoms with Crippen LogP contribution in [0.3, 0.4) is 0 Å². The van der Waals surface area contributed by atoms with Crippen LogP contribution < -0.4 is 0 Å². The quantitative estimate of drug-likeness (QED) is 0.848. The fourth-order valence-corrected chi connectivity index (χ4v) is 2.20. The van der Waals surface area contributed by atoms with Crippen molar-refractivity contribution in [3.05, 3.63) is 35.1 Å². The summed E-state index contributed by atoms with van der Waals surface area (Å²) in [4.78, 5) is 0. The van der Waals surface area contributed by atoms with Crippen LogP contribution in [0.4, 0.5) is 4.39 Å². The topological polar surface area (TPSA) is 38.7 Å². The van der Waals surface area contributed by atoms with Crippen LogP contribution in [0.2, 0.25) is 0 Å². The molecule has 1 unspecified atom stereocenters. The van der Waals surface area contributed by atoms with Crippen molar-refractivity contribution in [3.63, 3.8) is 0 Å². The summed E-state index contributed by atoms with van der Waals surface area (Å²) < 4.78 is 25.0. The van der Waals surface area contributed by atoms with Gasteiger partial charge in [-0.2, -0.15) is 0 Å². The highest BCUT2D eigenvalue weighted by atomic mass is 19.1. The molecule has 0 radical (unpaired) electrons. The second kappa shape index (κ2) is 8.78. The summed E-state index contributed by atoms with van der Waals surface area (Å²) in [5.41, 5.74) is 1.14. The van der Waals surface area contributed by atoms with Crippen molar-refractivity contribution in [1.82, 2.24) is 0 Å². The van der Waals surface area contributed by atoms with Gasteiger partial charge in [0.25, 0.3) is 0 Å². The Morgan fingerprint density at radius 2 is 2.29 bits per heavy atom. The average molecular weight is 292 g/mol. The maximum Gasteiger partial charge on any atom is 0.129 e. The van der Waals surface area contributed by atoms with Gasteiger partial charge in [0.2, 0.25) is 0 Å². The van der Waals surface area contributed by atoms with Gasteiger partial charge < -0.3 is 14.6 Å². The summed E-state index contributed by atoms with van der Waals surface area (Å²) >= 11 is 0. The first-order chi connectivity index (χ1) is 10.3. The predicted octanol–water partition coefficient (Wildman–Crippen LogP) is 2.65. The molecule has 3 nitrogen and oxygen atoms in total. The zero-order valence-corrected chi connectivity index (χ0v) is 12.1. The fraction of sp³-hybridized carbons (Fsp3) is 0.529. The summed E-state index contributed by atoms with van der Waals surface area (Å²) in [6.07, 6.45) is 3.84. The van der Waals surface area contributed by atoms with Gasteiger partial charge in [-0.15, -0.1) is 0 Å². The minimum absolute atomic E-state index is 0.0185. The molecule has 1 heterocycles. The molecule has 1 atom stereocenters. The van der Waals surface area contributed by atoms with E-state index in [2.05, 4.69) is 11.8 Å². The van der Waals surface area contributed by atoms with E-state index in [9.17, 15) is 4.39 Å². The highest BCUT2D eigenvalue weighted by Gasteiger charge is 2.14. The molecule has 21 heavy (non-hydrogen) atoms. The number of halogens is 1. The third-order valence-electron chi connectivity index (χ3n) is 3.36. The van der Waals surface area contributed by atoms with Gasteiger partial charge in [0.1, 0.15) is 5.82 Å². The number of hydrogen-bond donors (Lipinski definition) is 1. The lowest BCUT2D eigenvalue weighted by atomic mass is 10.1. The van der Waals surface area contributed by atoms with E-state index in [4.69, 9.17) is 14.6 Å². The molecule has 1 aliphatic heterocycles. The summed E-state index contributed by atoms with van der Waals surface area (Å²) in [7, 11) is 0. The van der Waals surface area contributed by atoms with Crippen LogP contribution in [0.15, 0.2) is 18.2 Å². The largest absolute Gasteiger partial charge is 0.395 e. The Balaban J connectivity index is 1.82. The molecule has 1 aromatic rings. The lowest BCUT2D eigenvalue weighted by Gasteiger charge is -2.22. The zero-order chi connectivity index (χ0) is 14.9. The number of aliphatic hydroxyl groups is 1. The first-order valence-corrected chi connectivity index (χ1v) is 7.37. The second-order valence-corrected chi connectivity index (χ2v) is 5.09. The van der Waals surface area contributed by atoms with E-state index in [1.165, 1.54) is 12.5 Å². The molecule has 4 heteroatoms. The second-order valence-electron chi connectivity index (χ2n) is 5.09. The van der Waals surface area contributed by atoms with Crippen LogP contribution in [-0.2, 0) is 16.1 Å². The van der Waals surface area contributed by atoms with E-state index in [0.717, 1.165) is 19.4 Å². The molecular weight excluding hydrogens is 271 g/mol. The Morgan fingerprint density at radius 1 is 1.38 bits per heavy atom. The molecule has 1 aromatic carbocycles. The van der Waals surface area contributed by atoms with Crippen LogP contribution in [-0.4, -0.2) is 31.0 Å². The molecule has 2 rings (SSSR count). The maximum absolute atomic E-state index is 13.9. The lowest BCUT2D eigenvalue weighted by molar-refractivity contribution is -0.0451. The SMILES string of the molecule is OCCC#Cc1ccc(COCC2CCCCO2)c(F)c1. The van der Waals surface area contributed by atoms with Gasteiger partial charge in [-0.05, 0) is 31.4 Å². The standard InChI is InChI=1S/C17H21FO3/c18-17-11-14(5-1-3-9-19)7-8-15(17)12-20-13-16-6-2-4-10-21-16/h7-8,11,16,19H,2-4,6,9-10,12-13H2. The van der Waals surface area contributed by atoms with Gasteiger partial charge >= 0.3 is 0 Å². The molecule has 1 fully saturated rings. The lowest BCUT2D eigenvalue weighted by Crippen LogP contribution is -2.24. The molecule has 0 saturated carbocycles. The monoisotopic (exact) mass is 292 g/mol. The average Bonchev–Trinajstić information content (AvgIpc) is 2.51. The Bertz CT molecular complexity index is 498. The van der Waals surface area contributed by atoms with Gasteiger partial charge in [-0.3, -0.25) is 0 Å². The van der Waals surface area contributed by atoms with Crippen molar-refractivity contribution in [2.24, 2.45) is 0 Å². The normalized spacial score (nSPS) is 18.1. The third kappa shape index (κ3) is 5.47. The van der Waals surface area contributed by atoms with E-state index in [0.29, 0.717) is 24.2 Å². The number of benzene rings is 1. The van der Waals surface area contributed by atoms with Crippen molar-refractivity contribution in [2.75, 3.05) is 19.8 Å². The molecule has 0 bridgehead atoms. The molecule has 114 valence electrons. The van der Waals surface area contributed by atoms with Crippen LogP contribution >= 0.6 is 0 Å². The molecule has 0 amide bonds. The Hall–Kier alpha value is -1.41. The van der Waals surface area contributed by atoms with Crippen LogP contribution in [0, 0.1) is 17.7 Å². The minimum atomic E-state index is -0.310. The number of ether oxygens (including phenoxy) is 2.